The van der Waals surface area contributed by atoms with E-state index in [-0.39, 0.29) is 29.7 Å². The van der Waals surface area contributed by atoms with E-state index in [0.29, 0.717) is 12.3 Å². The Labute approximate surface area is 125 Å². The predicted molar refractivity (Wildman–Crippen MR) is 78.4 cm³/mol. The van der Waals surface area contributed by atoms with Crippen molar-refractivity contribution >= 4 is 6.29 Å². The Morgan fingerprint density at radius 3 is 2.43 bits per heavy atom. The van der Waals surface area contributed by atoms with Crippen molar-refractivity contribution in [3.05, 3.63) is 35.6 Å². The number of aldehydes is 1. The van der Waals surface area contributed by atoms with E-state index in [1.54, 1.807) is 19.2 Å². The minimum Gasteiger partial charge on any atom is -0.390 e. The fraction of sp³-hybridized carbons (Fsp3) is 0.588. The van der Waals surface area contributed by atoms with Crippen LogP contribution in [0.4, 0.5) is 4.39 Å². The summed E-state index contributed by atoms with van der Waals surface area (Å²) in [6, 6.07) is 6.03. The van der Waals surface area contributed by atoms with Crippen molar-refractivity contribution in [2.24, 2.45) is 17.8 Å². The highest BCUT2D eigenvalue weighted by molar-refractivity contribution is 5.57. The highest BCUT2D eigenvalue weighted by atomic mass is 19.1. The van der Waals surface area contributed by atoms with E-state index in [0.717, 1.165) is 11.8 Å². The van der Waals surface area contributed by atoms with Crippen molar-refractivity contribution in [1.29, 1.82) is 0 Å². The molecule has 1 fully saturated rings. The molecule has 0 amide bonds. The van der Waals surface area contributed by atoms with Gasteiger partial charge < -0.3 is 14.6 Å². The lowest BCUT2D eigenvalue weighted by Gasteiger charge is -2.44. The zero-order valence-electron chi connectivity index (χ0n) is 12.7. The summed E-state index contributed by atoms with van der Waals surface area (Å²) in [4.78, 5) is 11.6. The summed E-state index contributed by atoms with van der Waals surface area (Å²) < 4.78 is 18.5. The second kappa shape index (κ2) is 6.67. The fourth-order valence-electron chi connectivity index (χ4n) is 3.53. The number of ether oxygens (including phenoxy) is 1. The third-order valence-electron chi connectivity index (χ3n) is 4.73. The molecule has 0 aliphatic heterocycles. The van der Waals surface area contributed by atoms with Crippen LogP contribution in [0.2, 0.25) is 0 Å². The Balaban J connectivity index is 2.41. The monoisotopic (exact) mass is 294 g/mol. The second-order valence-electron chi connectivity index (χ2n) is 6.20. The topological polar surface area (TPSA) is 46.5 Å². The highest BCUT2D eigenvalue weighted by Gasteiger charge is 2.45. The number of hydrogen-bond acceptors (Lipinski definition) is 3. The molecule has 3 nitrogen and oxygen atoms in total. The normalized spacial score (nSPS) is 33.1. The zero-order valence-corrected chi connectivity index (χ0v) is 12.7. The summed E-state index contributed by atoms with van der Waals surface area (Å²) in [5.41, 5.74) is 0.786. The van der Waals surface area contributed by atoms with Crippen molar-refractivity contribution in [1.82, 2.24) is 0 Å². The number of aliphatic hydroxyl groups is 1. The molecule has 1 aromatic rings. The van der Waals surface area contributed by atoms with Crippen LogP contribution < -0.4 is 0 Å². The van der Waals surface area contributed by atoms with Gasteiger partial charge in [0.15, 0.2) is 0 Å². The van der Waals surface area contributed by atoms with Gasteiger partial charge in [-0.25, -0.2) is 4.39 Å². The second-order valence-corrected chi connectivity index (χ2v) is 6.20. The lowest BCUT2D eigenvalue weighted by Crippen LogP contribution is -2.48. The largest absolute Gasteiger partial charge is 0.390 e. The molecule has 1 aliphatic carbocycles. The van der Waals surface area contributed by atoms with E-state index in [2.05, 4.69) is 13.8 Å². The molecule has 0 radical (unpaired) electrons. The molecule has 0 heterocycles. The molecular weight excluding hydrogens is 271 g/mol. The van der Waals surface area contributed by atoms with Gasteiger partial charge in [-0.3, -0.25) is 0 Å². The number of hydrogen-bond donors (Lipinski definition) is 1. The van der Waals surface area contributed by atoms with Gasteiger partial charge in [0, 0.05) is 18.9 Å². The van der Waals surface area contributed by atoms with Gasteiger partial charge >= 0.3 is 0 Å². The van der Waals surface area contributed by atoms with E-state index in [4.69, 9.17) is 4.74 Å². The van der Waals surface area contributed by atoms with Gasteiger partial charge in [0.2, 0.25) is 0 Å². The van der Waals surface area contributed by atoms with E-state index < -0.39 is 6.10 Å². The molecule has 2 rings (SSSR count). The Bertz CT molecular complexity index is 471. The third-order valence-corrected chi connectivity index (χ3v) is 4.73. The summed E-state index contributed by atoms with van der Waals surface area (Å²) in [5.74, 6) is -0.499. The van der Waals surface area contributed by atoms with Gasteiger partial charge in [-0.1, -0.05) is 26.0 Å². The van der Waals surface area contributed by atoms with Crippen LogP contribution in [0.5, 0.6) is 0 Å². The maximum atomic E-state index is 13.1. The number of aliphatic hydroxyl groups excluding tert-OH is 1. The van der Waals surface area contributed by atoms with Gasteiger partial charge in [0.25, 0.3) is 0 Å². The van der Waals surface area contributed by atoms with E-state index >= 15 is 0 Å². The SMILES string of the molecule is COC1CC(C(C)C)C(C=O)C(c2ccc(F)cc2)C1O. The lowest BCUT2D eigenvalue weighted by molar-refractivity contribution is -0.126. The van der Waals surface area contributed by atoms with Crippen LogP contribution in [-0.2, 0) is 9.53 Å². The Hall–Kier alpha value is -1.26. The van der Waals surface area contributed by atoms with Crippen LogP contribution in [0.3, 0.4) is 0 Å². The number of methoxy groups -OCH3 is 1. The van der Waals surface area contributed by atoms with Crippen LogP contribution in [0, 0.1) is 23.6 Å². The van der Waals surface area contributed by atoms with Gasteiger partial charge in [0.1, 0.15) is 12.1 Å². The summed E-state index contributed by atoms with van der Waals surface area (Å²) in [5, 5.41) is 10.6. The Morgan fingerprint density at radius 2 is 1.95 bits per heavy atom. The molecule has 1 aromatic carbocycles. The molecule has 0 bridgehead atoms. The van der Waals surface area contributed by atoms with Crippen LogP contribution in [0.1, 0.15) is 31.7 Å². The number of rotatable bonds is 4. The van der Waals surface area contributed by atoms with E-state index in [1.165, 1.54) is 12.1 Å². The molecule has 5 atom stereocenters. The average Bonchev–Trinajstić information content (AvgIpc) is 2.47. The van der Waals surface area contributed by atoms with Crippen molar-refractivity contribution in [3.8, 4) is 0 Å². The minimum absolute atomic E-state index is 0.144. The summed E-state index contributed by atoms with van der Waals surface area (Å²) in [6.07, 6.45) is 0.541. The first-order chi connectivity index (χ1) is 9.99. The first-order valence-electron chi connectivity index (χ1n) is 7.41. The molecule has 116 valence electrons. The number of benzene rings is 1. The third kappa shape index (κ3) is 3.16. The van der Waals surface area contributed by atoms with E-state index in [9.17, 15) is 14.3 Å². The molecule has 1 N–H and O–H groups in total. The molecule has 0 aromatic heterocycles. The van der Waals surface area contributed by atoms with Crippen molar-refractivity contribution in [2.45, 2.75) is 38.4 Å². The van der Waals surface area contributed by atoms with Crippen LogP contribution in [0.15, 0.2) is 24.3 Å². The lowest BCUT2D eigenvalue weighted by atomic mass is 9.64. The van der Waals surface area contributed by atoms with E-state index in [1.807, 2.05) is 0 Å². The summed E-state index contributed by atoms with van der Waals surface area (Å²) >= 11 is 0. The summed E-state index contributed by atoms with van der Waals surface area (Å²) in [6.45, 7) is 4.15. The molecule has 0 spiro atoms. The molecule has 4 heteroatoms. The zero-order chi connectivity index (χ0) is 15.6. The highest BCUT2D eigenvalue weighted by Crippen LogP contribution is 2.44. The van der Waals surface area contributed by atoms with Crippen molar-refractivity contribution in [3.63, 3.8) is 0 Å². The van der Waals surface area contributed by atoms with Crippen LogP contribution >= 0.6 is 0 Å². The molecule has 5 unspecified atom stereocenters. The van der Waals surface area contributed by atoms with Gasteiger partial charge in [-0.15, -0.1) is 0 Å². The Morgan fingerprint density at radius 1 is 1.33 bits per heavy atom. The first-order valence-corrected chi connectivity index (χ1v) is 7.41. The van der Waals surface area contributed by atoms with Crippen molar-refractivity contribution < 1.29 is 19.0 Å². The molecule has 1 saturated carbocycles. The minimum atomic E-state index is -0.759. The van der Waals surface area contributed by atoms with Gasteiger partial charge in [0.05, 0.1) is 12.2 Å². The standard InChI is InChI=1S/C17H23FO3/c1-10(2)13-8-15(21-3)17(20)16(14(13)9-19)11-4-6-12(18)7-5-11/h4-7,9-10,13-17,20H,8H2,1-3H3. The molecule has 21 heavy (non-hydrogen) atoms. The number of carbonyl (C=O) groups is 1. The molecular formula is C17H23FO3. The van der Waals surface area contributed by atoms with Gasteiger partial charge in [-0.2, -0.15) is 0 Å². The fourth-order valence-corrected chi connectivity index (χ4v) is 3.53. The first kappa shape index (κ1) is 16.1. The maximum Gasteiger partial charge on any atom is 0.124 e. The smallest absolute Gasteiger partial charge is 0.124 e. The van der Waals surface area contributed by atoms with Gasteiger partial charge in [-0.05, 0) is 36.0 Å². The predicted octanol–water partition coefficient (Wildman–Crippen LogP) is 2.78. The Kier molecular flexibility index (Phi) is 5.12. The summed E-state index contributed by atoms with van der Waals surface area (Å²) in [7, 11) is 1.58. The number of carbonyl (C=O) groups excluding carboxylic acids is 1. The molecule has 1 aliphatic rings. The quantitative estimate of drug-likeness (QED) is 0.869. The number of halogens is 1. The average molecular weight is 294 g/mol. The van der Waals surface area contributed by atoms with Crippen LogP contribution in [-0.4, -0.2) is 30.7 Å². The van der Waals surface area contributed by atoms with Crippen LogP contribution in [0.25, 0.3) is 0 Å². The maximum absolute atomic E-state index is 13.1. The van der Waals surface area contributed by atoms with Crippen molar-refractivity contribution in [2.75, 3.05) is 7.11 Å². The molecule has 0 saturated heterocycles.